The summed E-state index contributed by atoms with van der Waals surface area (Å²) in [4.78, 5) is -0.966. The molecule has 1 N–H and O–H groups in total. The largest absolute Gasteiger partial charge is 0.504 e. The van der Waals surface area contributed by atoms with Crippen molar-refractivity contribution in [3.63, 3.8) is 0 Å². The van der Waals surface area contributed by atoms with Crippen molar-refractivity contribution in [2.45, 2.75) is 4.90 Å². The lowest BCUT2D eigenvalue weighted by Gasteiger charge is -2.06. The minimum atomic E-state index is -4.29. The molecule has 0 unspecified atom stereocenters. The van der Waals surface area contributed by atoms with Crippen molar-refractivity contribution in [1.82, 2.24) is 9.78 Å². The lowest BCUT2D eigenvalue weighted by Crippen LogP contribution is -2.07. The molecule has 0 saturated heterocycles. The van der Waals surface area contributed by atoms with E-state index in [0.29, 0.717) is 5.39 Å². The van der Waals surface area contributed by atoms with Gasteiger partial charge in [0.25, 0.3) is 0 Å². The van der Waals surface area contributed by atoms with Gasteiger partial charge in [-0.05, 0) is 29.7 Å². The fourth-order valence-electron chi connectivity index (χ4n) is 3.32. The molecule has 0 bridgehead atoms. The minimum Gasteiger partial charge on any atom is -0.504 e. The number of allylic oxidation sites excluding steroid dienone is 1. The number of nitrogens with zero attached hydrogens (tertiary/aromatic N) is 3. The average Bonchev–Trinajstić information content (AvgIpc) is 3.05. The maximum Gasteiger partial charge on any atom is 0.220 e. The first-order chi connectivity index (χ1) is 13.8. The summed E-state index contributed by atoms with van der Waals surface area (Å²) in [6, 6.07) is 18.4. The second-order valence-corrected chi connectivity index (χ2v) is 8.73. The molecule has 0 aliphatic rings. The van der Waals surface area contributed by atoms with Gasteiger partial charge in [0, 0.05) is 22.8 Å². The Bertz CT molecular complexity index is 1460. The molecule has 1 heterocycles. The number of nitriles is 1. The number of aliphatic hydroxyl groups is 1. The van der Waals surface area contributed by atoms with Crippen LogP contribution in [0.15, 0.2) is 70.5 Å². The molecule has 6 nitrogen and oxygen atoms in total. The first kappa shape index (κ1) is 19.0. The first-order valence-corrected chi connectivity index (χ1v) is 10.4. The molecule has 0 radical (unpaired) electrons. The number of hydrogen-bond acceptors (Lipinski definition) is 5. The molecule has 4 rings (SSSR count). The standard InChI is InChI=1S/C21H14ClN3O3S/c1-25-20-16-8-3-2-5-13(16)9-10-17(20)19(24-25)21(26)18(12-23)29(27,28)15-7-4-6-14(22)11-15/h2-11,26H,1H3. The fraction of sp³-hybridized carbons (Fsp3) is 0.0476. The van der Waals surface area contributed by atoms with Gasteiger partial charge in [-0.15, -0.1) is 0 Å². The summed E-state index contributed by atoms with van der Waals surface area (Å²) in [7, 11) is -2.59. The summed E-state index contributed by atoms with van der Waals surface area (Å²) in [5, 5.41) is 27.3. The average molecular weight is 424 g/mol. The number of hydrogen-bond donors (Lipinski definition) is 1. The second kappa shape index (κ2) is 6.92. The highest BCUT2D eigenvalue weighted by atomic mass is 35.5. The molecule has 29 heavy (non-hydrogen) atoms. The molecule has 0 saturated carbocycles. The topological polar surface area (TPSA) is 96.0 Å². The van der Waals surface area contributed by atoms with Crippen molar-refractivity contribution < 1.29 is 13.5 Å². The van der Waals surface area contributed by atoms with Crippen molar-refractivity contribution in [1.29, 1.82) is 5.26 Å². The predicted octanol–water partition coefficient (Wildman–Crippen LogP) is 4.60. The highest BCUT2D eigenvalue weighted by Gasteiger charge is 2.28. The number of halogens is 1. The Labute approximate surface area is 171 Å². The zero-order valence-corrected chi connectivity index (χ0v) is 16.7. The quantitative estimate of drug-likeness (QED) is 0.383. The van der Waals surface area contributed by atoms with Crippen LogP contribution in [0, 0.1) is 11.3 Å². The van der Waals surface area contributed by atoms with Gasteiger partial charge in [-0.2, -0.15) is 10.4 Å². The van der Waals surface area contributed by atoms with Gasteiger partial charge in [0.2, 0.25) is 9.84 Å². The highest BCUT2D eigenvalue weighted by molar-refractivity contribution is 7.95. The summed E-state index contributed by atoms with van der Waals surface area (Å²) in [6.45, 7) is 0. The molecule has 0 aliphatic carbocycles. The zero-order valence-electron chi connectivity index (χ0n) is 15.2. The molecular formula is C21H14ClN3O3S. The van der Waals surface area contributed by atoms with Crippen LogP contribution in [0.4, 0.5) is 0 Å². The van der Waals surface area contributed by atoms with E-state index in [-0.39, 0.29) is 15.6 Å². The van der Waals surface area contributed by atoms with E-state index in [1.165, 1.54) is 24.3 Å². The molecule has 4 aromatic rings. The molecule has 0 spiro atoms. The van der Waals surface area contributed by atoms with E-state index in [0.717, 1.165) is 16.3 Å². The highest BCUT2D eigenvalue weighted by Crippen LogP contribution is 2.33. The summed E-state index contributed by atoms with van der Waals surface area (Å²) < 4.78 is 27.5. The molecular weight excluding hydrogens is 410 g/mol. The third-order valence-corrected chi connectivity index (χ3v) is 6.58. The van der Waals surface area contributed by atoms with Crippen molar-refractivity contribution in [3.05, 3.63) is 76.3 Å². The van der Waals surface area contributed by atoms with Gasteiger partial charge in [0.1, 0.15) is 11.8 Å². The molecule has 0 aliphatic heterocycles. The summed E-state index contributed by atoms with van der Waals surface area (Å²) in [5.74, 6) is -0.701. The molecule has 3 aromatic carbocycles. The first-order valence-electron chi connectivity index (χ1n) is 8.53. The van der Waals surface area contributed by atoms with Crippen LogP contribution in [0.2, 0.25) is 5.02 Å². The van der Waals surface area contributed by atoms with Crippen LogP contribution < -0.4 is 0 Å². The van der Waals surface area contributed by atoms with Gasteiger partial charge in [0.15, 0.2) is 10.7 Å². The van der Waals surface area contributed by atoms with Gasteiger partial charge in [-0.1, -0.05) is 48.0 Å². The third kappa shape index (κ3) is 3.03. The number of sulfone groups is 1. The smallest absolute Gasteiger partial charge is 0.220 e. The van der Waals surface area contributed by atoms with Crippen LogP contribution in [0.5, 0.6) is 0 Å². The van der Waals surface area contributed by atoms with Crippen molar-refractivity contribution in [2.24, 2.45) is 7.05 Å². The summed E-state index contributed by atoms with van der Waals surface area (Å²) in [6.07, 6.45) is 0. The minimum absolute atomic E-state index is 0.0235. The molecule has 8 heteroatoms. The van der Waals surface area contributed by atoms with E-state index in [9.17, 15) is 18.8 Å². The van der Waals surface area contributed by atoms with Crippen molar-refractivity contribution >= 4 is 48.9 Å². The van der Waals surface area contributed by atoms with Gasteiger partial charge in [-0.25, -0.2) is 8.42 Å². The predicted molar refractivity (Wildman–Crippen MR) is 112 cm³/mol. The number of aryl methyl sites for hydroxylation is 1. The Hall–Kier alpha value is -3.34. The Balaban J connectivity index is 2.00. The lowest BCUT2D eigenvalue weighted by molar-refractivity contribution is 0.505. The second-order valence-electron chi connectivity index (χ2n) is 6.41. The van der Waals surface area contributed by atoms with E-state index in [2.05, 4.69) is 5.10 Å². The lowest BCUT2D eigenvalue weighted by atomic mass is 10.1. The van der Waals surface area contributed by atoms with Crippen LogP contribution in [0.25, 0.3) is 27.4 Å². The maximum absolute atomic E-state index is 13.0. The molecule has 1 aromatic heterocycles. The van der Waals surface area contributed by atoms with Gasteiger partial charge >= 0.3 is 0 Å². The Morgan fingerprint density at radius 1 is 1.10 bits per heavy atom. The normalized spacial score (nSPS) is 12.7. The van der Waals surface area contributed by atoms with Crippen molar-refractivity contribution in [2.75, 3.05) is 0 Å². The monoisotopic (exact) mass is 423 g/mol. The fourth-order valence-corrected chi connectivity index (χ4v) is 4.83. The SMILES string of the molecule is Cn1nc(C(O)=C(C#N)S(=O)(=O)c2cccc(Cl)c2)c2ccc3ccccc3c21. The molecule has 144 valence electrons. The van der Waals surface area contributed by atoms with Crippen LogP contribution in [0.1, 0.15) is 5.69 Å². The van der Waals surface area contributed by atoms with Gasteiger partial charge in [-0.3, -0.25) is 4.68 Å². The molecule has 0 fully saturated rings. The van der Waals surface area contributed by atoms with E-state index in [1.807, 2.05) is 30.3 Å². The maximum atomic E-state index is 13.0. The van der Waals surface area contributed by atoms with Crippen LogP contribution in [0.3, 0.4) is 0 Å². The van der Waals surface area contributed by atoms with E-state index >= 15 is 0 Å². The van der Waals surface area contributed by atoms with Crippen LogP contribution in [-0.2, 0) is 16.9 Å². The Kier molecular flexibility index (Phi) is 4.53. The van der Waals surface area contributed by atoms with E-state index < -0.39 is 20.5 Å². The molecule has 0 amide bonds. The number of aromatic nitrogens is 2. The van der Waals surface area contributed by atoms with Crippen molar-refractivity contribution in [3.8, 4) is 6.07 Å². The summed E-state index contributed by atoms with van der Waals surface area (Å²) >= 11 is 5.89. The number of rotatable bonds is 3. The Morgan fingerprint density at radius 3 is 2.59 bits per heavy atom. The third-order valence-electron chi connectivity index (χ3n) is 4.65. The van der Waals surface area contributed by atoms with Gasteiger partial charge in [0.05, 0.1) is 10.4 Å². The van der Waals surface area contributed by atoms with E-state index in [4.69, 9.17) is 11.6 Å². The van der Waals surface area contributed by atoms with E-state index in [1.54, 1.807) is 23.9 Å². The van der Waals surface area contributed by atoms with Crippen LogP contribution >= 0.6 is 11.6 Å². The number of aliphatic hydroxyl groups excluding tert-OH is 1. The van der Waals surface area contributed by atoms with Crippen LogP contribution in [-0.4, -0.2) is 23.3 Å². The van der Waals surface area contributed by atoms with Gasteiger partial charge < -0.3 is 5.11 Å². The number of fused-ring (bicyclic) bond motifs is 3. The zero-order chi connectivity index (χ0) is 20.8. The molecule has 0 atom stereocenters. The number of benzene rings is 3. The summed E-state index contributed by atoms with van der Waals surface area (Å²) in [5.41, 5.74) is 0.748. The Morgan fingerprint density at radius 2 is 1.86 bits per heavy atom.